The second-order valence-corrected chi connectivity index (χ2v) is 5.45. The Kier molecular flexibility index (Phi) is 1.56. The van der Waals surface area contributed by atoms with Gasteiger partial charge in [0.05, 0.1) is 10.8 Å². The fourth-order valence-corrected chi connectivity index (χ4v) is 3.30. The summed E-state index contributed by atoms with van der Waals surface area (Å²) >= 11 is 0. The standard InChI is InChI=1S/C15H16NO/c1-3-15(2)13-14(15)17-11-8-4-6-10-7-5-9-16(13)12(10)11/h4-9,13-14H,3H2,1-2H3/q+1. The van der Waals surface area contributed by atoms with Gasteiger partial charge in [0.2, 0.25) is 6.04 Å². The maximum Gasteiger partial charge on any atom is 0.255 e. The van der Waals surface area contributed by atoms with E-state index < -0.39 is 0 Å². The third kappa shape index (κ3) is 0.991. The lowest BCUT2D eigenvalue weighted by Gasteiger charge is -2.11. The van der Waals surface area contributed by atoms with Crippen LogP contribution < -0.4 is 9.30 Å². The van der Waals surface area contributed by atoms with Gasteiger partial charge in [-0.3, -0.25) is 0 Å². The summed E-state index contributed by atoms with van der Waals surface area (Å²) in [6.45, 7) is 4.59. The van der Waals surface area contributed by atoms with Gasteiger partial charge in [-0.2, -0.15) is 4.57 Å². The number of aromatic nitrogens is 1. The van der Waals surface area contributed by atoms with Crippen molar-refractivity contribution in [3.63, 3.8) is 0 Å². The lowest BCUT2D eigenvalue weighted by molar-refractivity contribution is -0.686. The van der Waals surface area contributed by atoms with Gasteiger partial charge in [-0.1, -0.05) is 13.0 Å². The molecule has 2 aliphatic rings. The first-order valence-electron chi connectivity index (χ1n) is 6.35. The SMILES string of the molecule is CCC1(C)C2Oc3cccc4ccc[n+](c34)C21. The van der Waals surface area contributed by atoms with Gasteiger partial charge >= 0.3 is 0 Å². The molecule has 2 heteroatoms. The van der Waals surface area contributed by atoms with Crippen LogP contribution in [0.15, 0.2) is 36.5 Å². The highest BCUT2D eigenvalue weighted by atomic mass is 16.5. The van der Waals surface area contributed by atoms with Crippen LogP contribution in [0.3, 0.4) is 0 Å². The van der Waals surface area contributed by atoms with Crippen LogP contribution in [-0.2, 0) is 0 Å². The Bertz CT molecular complexity index is 616. The Morgan fingerprint density at radius 3 is 2.94 bits per heavy atom. The second kappa shape index (κ2) is 2.81. The average molecular weight is 226 g/mol. The van der Waals surface area contributed by atoms with Crippen molar-refractivity contribution < 1.29 is 9.30 Å². The van der Waals surface area contributed by atoms with Crippen LogP contribution in [0.5, 0.6) is 5.75 Å². The van der Waals surface area contributed by atoms with Gasteiger partial charge in [0.15, 0.2) is 18.1 Å². The largest absolute Gasteiger partial charge is 0.476 e. The number of nitrogens with zero attached hydrogens (tertiary/aromatic N) is 1. The molecule has 0 amide bonds. The molecule has 0 N–H and O–H groups in total. The van der Waals surface area contributed by atoms with Crippen LogP contribution in [0.4, 0.5) is 0 Å². The van der Waals surface area contributed by atoms with E-state index in [0.29, 0.717) is 17.6 Å². The van der Waals surface area contributed by atoms with Crippen molar-refractivity contribution >= 4 is 10.9 Å². The predicted octanol–water partition coefficient (Wildman–Crippen LogP) is 2.86. The first-order chi connectivity index (χ1) is 8.25. The van der Waals surface area contributed by atoms with Crippen molar-refractivity contribution in [3.8, 4) is 5.75 Å². The molecule has 1 aliphatic heterocycles. The highest BCUT2D eigenvalue weighted by Crippen LogP contribution is 2.59. The summed E-state index contributed by atoms with van der Waals surface area (Å²) in [6, 6.07) is 11.1. The summed E-state index contributed by atoms with van der Waals surface area (Å²) in [4.78, 5) is 0. The highest BCUT2D eigenvalue weighted by molar-refractivity contribution is 5.82. The Morgan fingerprint density at radius 1 is 1.29 bits per heavy atom. The molecule has 0 saturated heterocycles. The third-order valence-corrected chi connectivity index (χ3v) is 4.63. The molecule has 0 radical (unpaired) electrons. The number of pyridine rings is 1. The first-order valence-corrected chi connectivity index (χ1v) is 6.35. The molecule has 4 rings (SSSR count). The van der Waals surface area contributed by atoms with E-state index in [1.807, 2.05) is 0 Å². The molecule has 3 unspecified atom stereocenters. The summed E-state index contributed by atoms with van der Waals surface area (Å²) in [5.41, 5.74) is 1.56. The molecule has 0 bridgehead atoms. The molecule has 1 saturated carbocycles. The molecule has 17 heavy (non-hydrogen) atoms. The lowest BCUT2D eigenvalue weighted by Crippen LogP contribution is -2.38. The fourth-order valence-electron chi connectivity index (χ4n) is 3.30. The van der Waals surface area contributed by atoms with E-state index in [9.17, 15) is 0 Å². The molecular formula is C15H16NO+. The predicted molar refractivity (Wildman–Crippen MR) is 66.0 cm³/mol. The zero-order valence-electron chi connectivity index (χ0n) is 10.2. The number of hydrogen-bond acceptors (Lipinski definition) is 1. The molecule has 2 nitrogen and oxygen atoms in total. The molecule has 1 aliphatic carbocycles. The molecule has 2 heterocycles. The van der Waals surface area contributed by atoms with Gasteiger partial charge in [-0.15, -0.1) is 0 Å². The van der Waals surface area contributed by atoms with E-state index in [4.69, 9.17) is 4.74 Å². The fraction of sp³-hybridized carbons (Fsp3) is 0.400. The summed E-state index contributed by atoms with van der Waals surface area (Å²) in [6.07, 6.45) is 3.73. The molecule has 86 valence electrons. The quantitative estimate of drug-likeness (QED) is 0.681. The maximum absolute atomic E-state index is 6.16. The molecular weight excluding hydrogens is 210 g/mol. The van der Waals surface area contributed by atoms with Crippen molar-refractivity contribution in [1.29, 1.82) is 0 Å². The van der Waals surface area contributed by atoms with Crippen LogP contribution in [0, 0.1) is 5.41 Å². The van der Waals surface area contributed by atoms with E-state index in [0.717, 1.165) is 5.75 Å². The minimum atomic E-state index is 0.304. The number of ether oxygens (including phenoxy) is 1. The minimum Gasteiger partial charge on any atom is -0.476 e. The van der Waals surface area contributed by atoms with Crippen molar-refractivity contribution in [2.24, 2.45) is 5.41 Å². The van der Waals surface area contributed by atoms with Gasteiger partial charge in [-0.05, 0) is 31.5 Å². The van der Waals surface area contributed by atoms with Crippen molar-refractivity contribution in [2.75, 3.05) is 0 Å². The number of benzene rings is 1. The average Bonchev–Trinajstić information content (AvgIpc) is 2.97. The van der Waals surface area contributed by atoms with Gasteiger partial charge < -0.3 is 4.74 Å². The zero-order valence-corrected chi connectivity index (χ0v) is 10.2. The molecule has 1 aromatic heterocycles. The molecule has 3 atom stereocenters. The summed E-state index contributed by atoms with van der Waals surface area (Å²) in [5, 5.41) is 1.27. The third-order valence-electron chi connectivity index (χ3n) is 4.63. The topological polar surface area (TPSA) is 13.1 Å². The van der Waals surface area contributed by atoms with Crippen molar-refractivity contribution in [2.45, 2.75) is 32.4 Å². The van der Waals surface area contributed by atoms with Crippen molar-refractivity contribution in [3.05, 3.63) is 36.5 Å². The Labute approximate surface area is 101 Å². The van der Waals surface area contributed by atoms with Crippen LogP contribution >= 0.6 is 0 Å². The highest BCUT2D eigenvalue weighted by Gasteiger charge is 2.72. The normalized spacial score (nSPS) is 33.1. The van der Waals surface area contributed by atoms with Crippen LogP contribution in [-0.4, -0.2) is 6.10 Å². The minimum absolute atomic E-state index is 0.304. The number of fused-ring (bicyclic) bond motifs is 2. The molecule has 1 fully saturated rings. The Hall–Kier alpha value is -1.57. The zero-order chi connectivity index (χ0) is 11.6. The first kappa shape index (κ1) is 9.46. The van der Waals surface area contributed by atoms with E-state index in [-0.39, 0.29) is 0 Å². The van der Waals surface area contributed by atoms with Crippen LogP contribution in [0.1, 0.15) is 26.3 Å². The van der Waals surface area contributed by atoms with E-state index in [1.54, 1.807) is 0 Å². The maximum atomic E-state index is 6.16. The van der Waals surface area contributed by atoms with Gasteiger partial charge in [0.25, 0.3) is 5.52 Å². The van der Waals surface area contributed by atoms with E-state index >= 15 is 0 Å². The van der Waals surface area contributed by atoms with Crippen molar-refractivity contribution in [1.82, 2.24) is 0 Å². The number of para-hydroxylation sites is 1. The second-order valence-electron chi connectivity index (χ2n) is 5.45. The van der Waals surface area contributed by atoms with Gasteiger partial charge in [-0.25, -0.2) is 0 Å². The van der Waals surface area contributed by atoms with Gasteiger partial charge in [0.1, 0.15) is 0 Å². The number of rotatable bonds is 1. The Morgan fingerprint density at radius 2 is 2.12 bits per heavy atom. The summed E-state index contributed by atoms with van der Waals surface area (Å²) in [7, 11) is 0. The molecule has 0 spiro atoms. The summed E-state index contributed by atoms with van der Waals surface area (Å²) < 4.78 is 8.58. The lowest BCUT2D eigenvalue weighted by atomic mass is 10.1. The van der Waals surface area contributed by atoms with E-state index in [2.05, 4.69) is 54.9 Å². The molecule has 2 aromatic rings. The number of hydrogen-bond donors (Lipinski definition) is 0. The summed E-state index contributed by atoms with van der Waals surface area (Å²) in [5.74, 6) is 1.04. The Balaban J connectivity index is 2.02. The van der Waals surface area contributed by atoms with Crippen LogP contribution in [0.2, 0.25) is 0 Å². The van der Waals surface area contributed by atoms with Crippen LogP contribution in [0.25, 0.3) is 10.9 Å². The van der Waals surface area contributed by atoms with E-state index in [1.165, 1.54) is 17.3 Å². The molecule has 1 aromatic carbocycles. The monoisotopic (exact) mass is 226 g/mol. The van der Waals surface area contributed by atoms with Gasteiger partial charge in [0, 0.05) is 6.07 Å². The smallest absolute Gasteiger partial charge is 0.255 e.